The van der Waals surface area contributed by atoms with Crippen molar-refractivity contribution in [2.75, 3.05) is 48.9 Å². The lowest BCUT2D eigenvalue weighted by atomic mass is 10.1. The van der Waals surface area contributed by atoms with E-state index in [1.165, 1.54) is 0 Å². The Hall–Kier alpha value is -2.98. The fourth-order valence-electron chi connectivity index (χ4n) is 4.14. The molecule has 1 N–H and O–H groups in total. The van der Waals surface area contributed by atoms with Gasteiger partial charge in [-0.15, -0.1) is 11.3 Å². The molecule has 3 aromatic heterocycles. The van der Waals surface area contributed by atoms with Crippen LogP contribution in [0.1, 0.15) is 18.2 Å². The number of hydrogen-bond donors (Lipinski definition) is 1. The van der Waals surface area contributed by atoms with Crippen molar-refractivity contribution in [3.05, 3.63) is 45.5 Å². The van der Waals surface area contributed by atoms with E-state index >= 15 is 0 Å². The molecule has 4 heterocycles. The van der Waals surface area contributed by atoms with Gasteiger partial charge in [0.15, 0.2) is 5.13 Å². The van der Waals surface area contributed by atoms with Crippen LogP contribution in [-0.2, 0) is 11.8 Å². The minimum absolute atomic E-state index is 0.0457. The molecule has 0 aliphatic carbocycles. The lowest BCUT2D eigenvalue weighted by Gasteiger charge is -2.22. The van der Waals surface area contributed by atoms with Crippen molar-refractivity contribution in [2.45, 2.75) is 32.9 Å². The molecule has 33 heavy (non-hydrogen) atoms. The minimum atomic E-state index is -0.114. The number of pyridine rings is 1. The standard InChI is InChI=1S/C23H31N7O2S/c1-7-32-18-13-30(23-24-8-9-33-23)12-17(18)27-20-15(3)26-21(29(6)22(20)31)16-11-25-19(28(4)5)10-14(16)2/h8-11,17-18,27H,7,12-13H2,1-6H3/t17?,18-/m0/s1. The van der Waals surface area contributed by atoms with E-state index in [2.05, 4.69) is 20.2 Å². The van der Waals surface area contributed by atoms with Crippen LogP contribution in [-0.4, -0.2) is 65.5 Å². The fourth-order valence-corrected chi connectivity index (χ4v) is 4.81. The van der Waals surface area contributed by atoms with Crippen molar-refractivity contribution < 1.29 is 4.74 Å². The highest BCUT2D eigenvalue weighted by atomic mass is 32.1. The zero-order chi connectivity index (χ0) is 23.7. The Morgan fingerprint density at radius 1 is 1.27 bits per heavy atom. The second-order valence-corrected chi connectivity index (χ2v) is 9.35. The molecule has 9 nitrogen and oxygen atoms in total. The maximum absolute atomic E-state index is 13.4. The number of nitrogens with zero attached hydrogens (tertiary/aromatic N) is 6. The van der Waals surface area contributed by atoms with Crippen molar-refractivity contribution in [3.63, 3.8) is 0 Å². The molecule has 176 valence electrons. The van der Waals surface area contributed by atoms with Gasteiger partial charge in [0.25, 0.3) is 5.56 Å². The number of nitrogens with one attached hydrogen (secondary N) is 1. The van der Waals surface area contributed by atoms with Crippen LogP contribution in [0.2, 0.25) is 0 Å². The monoisotopic (exact) mass is 469 g/mol. The smallest absolute Gasteiger partial charge is 0.277 e. The number of ether oxygens (including phenoxy) is 1. The molecule has 0 bridgehead atoms. The molecule has 0 spiro atoms. The van der Waals surface area contributed by atoms with Gasteiger partial charge >= 0.3 is 0 Å². The molecule has 1 aliphatic heterocycles. The average molecular weight is 470 g/mol. The van der Waals surface area contributed by atoms with E-state index in [0.717, 1.165) is 28.6 Å². The van der Waals surface area contributed by atoms with Gasteiger partial charge < -0.3 is 19.9 Å². The third-order valence-corrected chi connectivity index (χ3v) is 6.77. The van der Waals surface area contributed by atoms with Crippen LogP contribution < -0.4 is 20.7 Å². The fraction of sp³-hybridized carbons (Fsp3) is 0.478. The van der Waals surface area contributed by atoms with Gasteiger partial charge in [-0.2, -0.15) is 0 Å². The third-order valence-electron chi connectivity index (χ3n) is 5.93. The summed E-state index contributed by atoms with van der Waals surface area (Å²) in [4.78, 5) is 31.3. The number of anilines is 3. The summed E-state index contributed by atoms with van der Waals surface area (Å²) < 4.78 is 7.59. The second-order valence-electron chi connectivity index (χ2n) is 8.48. The van der Waals surface area contributed by atoms with Gasteiger partial charge in [-0.05, 0) is 32.4 Å². The van der Waals surface area contributed by atoms with Crippen LogP contribution in [0.5, 0.6) is 0 Å². The highest BCUT2D eigenvalue weighted by molar-refractivity contribution is 7.13. The molecule has 0 saturated carbocycles. The van der Waals surface area contributed by atoms with Gasteiger partial charge in [-0.3, -0.25) is 9.36 Å². The van der Waals surface area contributed by atoms with Crippen LogP contribution in [0.25, 0.3) is 11.4 Å². The molecule has 2 atom stereocenters. The largest absolute Gasteiger partial charge is 0.374 e. The predicted molar refractivity (Wildman–Crippen MR) is 134 cm³/mol. The quantitative estimate of drug-likeness (QED) is 0.565. The topological polar surface area (TPSA) is 88.4 Å². The van der Waals surface area contributed by atoms with Crippen LogP contribution in [0.3, 0.4) is 0 Å². The highest BCUT2D eigenvalue weighted by Crippen LogP contribution is 2.27. The molecule has 0 amide bonds. The summed E-state index contributed by atoms with van der Waals surface area (Å²) >= 11 is 1.61. The van der Waals surface area contributed by atoms with Crippen molar-refractivity contribution in [1.82, 2.24) is 19.5 Å². The lowest BCUT2D eigenvalue weighted by Crippen LogP contribution is -2.38. The first kappa shape index (κ1) is 23.2. The first-order valence-electron chi connectivity index (χ1n) is 11.0. The maximum Gasteiger partial charge on any atom is 0.277 e. The van der Waals surface area contributed by atoms with Crippen molar-refractivity contribution in [3.8, 4) is 11.4 Å². The van der Waals surface area contributed by atoms with Crippen LogP contribution in [0.15, 0.2) is 28.6 Å². The van der Waals surface area contributed by atoms with Crippen molar-refractivity contribution in [1.29, 1.82) is 0 Å². The molecule has 0 radical (unpaired) electrons. The Bertz CT molecular complexity index is 1180. The Kier molecular flexibility index (Phi) is 6.66. The summed E-state index contributed by atoms with van der Waals surface area (Å²) in [6.07, 6.45) is 3.54. The zero-order valence-corrected chi connectivity index (χ0v) is 20.8. The van der Waals surface area contributed by atoms with E-state index in [0.29, 0.717) is 30.4 Å². The van der Waals surface area contributed by atoms with E-state index in [4.69, 9.17) is 9.72 Å². The zero-order valence-electron chi connectivity index (χ0n) is 20.0. The molecular weight excluding hydrogens is 438 g/mol. The third kappa shape index (κ3) is 4.58. The normalized spacial score (nSPS) is 18.1. The van der Waals surface area contributed by atoms with Gasteiger partial charge in [-0.1, -0.05) is 0 Å². The second kappa shape index (κ2) is 9.48. The molecule has 0 aromatic carbocycles. The van der Waals surface area contributed by atoms with Crippen LogP contribution in [0.4, 0.5) is 16.6 Å². The number of aryl methyl sites for hydroxylation is 2. The SMILES string of the molecule is CCO[C@H]1CN(c2nccs2)CC1Nc1c(C)nc(-c2cnc(N(C)C)cc2C)n(C)c1=O. The molecule has 1 unspecified atom stereocenters. The van der Waals surface area contributed by atoms with Gasteiger partial charge in [0, 0.05) is 64.2 Å². The predicted octanol–water partition coefficient (Wildman–Crippen LogP) is 2.69. The molecule has 10 heteroatoms. The van der Waals surface area contributed by atoms with Gasteiger partial charge in [0.2, 0.25) is 0 Å². The lowest BCUT2D eigenvalue weighted by molar-refractivity contribution is 0.0720. The summed E-state index contributed by atoms with van der Waals surface area (Å²) in [6.45, 7) is 7.91. The van der Waals surface area contributed by atoms with Gasteiger partial charge in [0.1, 0.15) is 17.3 Å². The van der Waals surface area contributed by atoms with E-state index < -0.39 is 0 Å². The van der Waals surface area contributed by atoms with E-state index in [1.54, 1.807) is 35.3 Å². The Morgan fingerprint density at radius 3 is 2.70 bits per heavy atom. The summed E-state index contributed by atoms with van der Waals surface area (Å²) in [5.41, 5.74) is 2.91. The van der Waals surface area contributed by atoms with Crippen molar-refractivity contribution in [2.24, 2.45) is 7.05 Å². The summed E-state index contributed by atoms with van der Waals surface area (Å²) in [5.74, 6) is 1.47. The van der Waals surface area contributed by atoms with Crippen molar-refractivity contribution >= 4 is 28.0 Å². The summed E-state index contributed by atoms with van der Waals surface area (Å²) in [5, 5.41) is 6.39. The first-order valence-corrected chi connectivity index (χ1v) is 11.9. The van der Waals surface area contributed by atoms with Gasteiger partial charge in [0.05, 0.1) is 17.8 Å². The molecule has 1 aliphatic rings. The van der Waals surface area contributed by atoms with E-state index in [-0.39, 0.29) is 17.7 Å². The minimum Gasteiger partial charge on any atom is -0.374 e. The first-order chi connectivity index (χ1) is 15.8. The molecule has 4 rings (SSSR count). The van der Waals surface area contributed by atoms with Crippen LogP contribution in [0, 0.1) is 13.8 Å². The maximum atomic E-state index is 13.4. The number of thiazole rings is 1. The number of aromatic nitrogens is 4. The molecular formula is C23H31N7O2S. The number of rotatable bonds is 7. The van der Waals surface area contributed by atoms with E-state index in [9.17, 15) is 4.79 Å². The van der Waals surface area contributed by atoms with Gasteiger partial charge in [-0.25, -0.2) is 15.0 Å². The number of hydrogen-bond acceptors (Lipinski definition) is 9. The highest BCUT2D eigenvalue weighted by Gasteiger charge is 2.35. The Morgan fingerprint density at radius 2 is 2.06 bits per heavy atom. The molecule has 1 saturated heterocycles. The molecule has 1 fully saturated rings. The summed E-state index contributed by atoms with van der Waals surface area (Å²) in [7, 11) is 5.66. The van der Waals surface area contributed by atoms with E-state index in [1.807, 2.05) is 51.2 Å². The summed E-state index contributed by atoms with van der Waals surface area (Å²) in [6, 6.07) is 1.96. The molecule has 3 aromatic rings. The van der Waals surface area contributed by atoms with Crippen LogP contribution >= 0.6 is 11.3 Å². The Labute approximate surface area is 198 Å². The Balaban J connectivity index is 1.64. The average Bonchev–Trinajstić information content (AvgIpc) is 3.44.